The normalized spacial score (nSPS) is 19.2. The van der Waals surface area contributed by atoms with Crippen LogP contribution >= 0.6 is 0 Å². The fourth-order valence-electron chi connectivity index (χ4n) is 3.40. The molecule has 0 amide bonds. The van der Waals surface area contributed by atoms with Crippen molar-refractivity contribution in [2.24, 2.45) is 0 Å². The topological polar surface area (TPSA) is 61.5 Å². The van der Waals surface area contributed by atoms with Gasteiger partial charge < -0.3 is 15.1 Å². The SMILES string of the molecule is OC[C@@H](O)Cn1nccc1N1CCC[C@@H]1c1cc(F)ccc1C(F)(F)F. The smallest absolute Gasteiger partial charge is 0.394 e. The van der Waals surface area contributed by atoms with Crippen molar-refractivity contribution in [3.63, 3.8) is 0 Å². The molecule has 1 aromatic heterocycles. The second-order valence-electron chi connectivity index (χ2n) is 6.29. The van der Waals surface area contributed by atoms with Crippen molar-refractivity contribution in [3.8, 4) is 0 Å². The van der Waals surface area contributed by atoms with Crippen LogP contribution in [0.15, 0.2) is 30.5 Å². The molecule has 2 aromatic rings. The highest BCUT2D eigenvalue weighted by Crippen LogP contribution is 2.42. The summed E-state index contributed by atoms with van der Waals surface area (Å²) in [7, 11) is 0. The van der Waals surface area contributed by atoms with E-state index in [2.05, 4.69) is 5.10 Å². The van der Waals surface area contributed by atoms with Crippen molar-refractivity contribution in [1.82, 2.24) is 9.78 Å². The van der Waals surface area contributed by atoms with Crippen LogP contribution < -0.4 is 4.90 Å². The van der Waals surface area contributed by atoms with Gasteiger partial charge in [0.15, 0.2) is 0 Å². The first-order valence-corrected chi connectivity index (χ1v) is 8.25. The molecule has 1 aromatic carbocycles. The molecule has 2 atom stereocenters. The van der Waals surface area contributed by atoms with Crippen LogP contribution in [0.1, 0.15) is 30.0 Å². The van der Waals surface area contributed by atoms with Gasteiger partial charge in [-0.05, 0) is 36.6 Å². The molecule has 0 bridgehead atoms. The quantitative estimate of drug-likeness (QED) is 0.792. The molecule has 1 aliphatic rings. The van der Waals surface area contributed by atoms with Gasteiger partial charge in [-0.25, -0.2) is 9.07 Å². The number of halogens is 4. The van der Waals surface area contributed by atoms with Crippen LogP contribution in [0.5, 0.6) is 0 Å². The Labute approximate surface area is 147 Å². The Morgan fingerprint density at radius 1 is 1.27 bits per heavy atom. The number of hydrogen-bond acceptors (Lipinski definition) is 4. The Hall–Kier alpha value is -2.13. The summed E-state index contributed by atoms with van der Waals surface area (Å²) in [5, 5.41) is 22.7. The van der Waals surface area contributed by atoms with Gasteiger partial charge in [0.2, 0.25) is 0 Å². The number of aliphatic hydroxyl groups is 2. The number of benzene rings is 1. The Morgan fingerprint density at radius 3 is 2.73 bits per heavy atom. The summed E-state index contributed by atoms with van der Waals surface area (Å²) in [6.45, 7) is 0.0432. The molecule has 0 spiro atoms. The van der Waals surface area contributed by atoms with E-state index >= 15 is 0 Å². The lowest BCUT2D eigenvalue weighted by molar-refractivity contribution is -0.138. The van der Waals surface area contributed by atoms with Crippen LogP contribution in [0.3, 0.4) is 0 Å². The minimum absolute atomic E-state index is 0.0112. The monoisotopic (exact) mass is 373 g/mol. The number of rotatable bonds is 5. The first kappa shape index (κ1) is 18.7. The molecule has 1 saturated heterocycles. The van der Waals surface area contributed by atoms with Crippen molar-refractivity contribution in [2.45, 2.75) is 37.7 Å². The zero-order valence-electron chi connectivity index (χ0n) is 13.8. The maximum absolute atomic E-state index is 13.7. The van der Waals surface area contributed by atoms with Gasteiger partial charge in [-0.2, -0.15) is 18.3 Å². The van der Waals surface area contributed by atoms with E-state index < -0.39 is 36.3 Å². The number of aliphatic hydroxyl groups excluding tert-OH is 2. The fraction of sp³-hybridized carbons (Fsp3) is 0.471. The second-order valence-corrected chi connectivity index (χ2v) is 6.29. The average Bonchev–Trinajstić information content (AvgIpc) is 3.21. The lowest BCUT2D eigenvalue weighted by Crippen LogP contribution is -2.29. The Morgan fingerprint density at radius 2 is 2.04 bits per heavy atom. The van der Waals surface area contributed by atoms with Crippen LogP contribution in [0.4, 0.5) is 23.4 Å². The lowest BCUT2D eigenvalue weighted by atomic mass is 9.97. The molecule has 9 heteroatoms. The van der Waals surface area contributed by atoms with E-state index in [9.17, 15) is 22.7 Å². The summed E-state index contributed by atoms with van der Waals surface area (Å²) in [5.41, 5.74) is -0.956. The van der Waals surface area contributed by atoms with E-state index in [0.717, 1.165) is 18.2 Å². The minimum Gasteiger partial charge on any atom is -0.394 e. The highest BCUT2D eigenvalue weighted by Gasteiger charge is 2.39. The summed E-state index contributed by atoms with van der Waals surface area (Å²) in [6.07, 6.45) is -3.04. The molecular formula is C17H19F4N3O2. The molecule has 0 aliphatic carbocycles. The Balaban J connectivity index is 1.98. The van der Waals surface area contributed by atoms with Gasteiger partial charge >= 0.3 is 6.18 Å². The van der Waals surface area contributed by atoms with Crippen LogP contribution in [0, 0.1) is 5.82 Å². The van der Waals surface area contributed by atoms with E-state index in [1.807, 2.05) is 0 Å². The van der Waals surface area contributed by atoms with E-state index in [1.165, 1.54) is 10.9 Å². The van der Waals surface area contributed by atoms with Gasteiger partial charge in [-0.15, -0.1) is 0 Å². The summed E-state index contributed by atoms with van der Waals surface area (Å²) in [6, 6.07) is 3.51. The summed E-state index contributed by atoms with van der Waals surface area (Å²) < 4.78 is 55.3. The number of alkyl halides is 3. The highest BCUT2D eigenvalue weighted by molar-refractivity contribution is 5.46. The fourth-order valence-corrected chi connectivity index (χ4v) is 3.40. The van der Waals surface area contributed by atoms with Gasteiger partial charge in [0, 0.05) is 12.6 Å². The standard InChI is InChI=1S/C17H19F4N3O2/c18-11-3-4-14(17(19,20)21)13(8-11)15-2-1-7-23(15)16-5-6-22-24(16)9-12(26)10-25/h3-6,8,12,15,25-26H,1-2,7,9-10H2/t12-,15+/m0/s1. The van der Waals surface area contributed by atoms with Crippen LogP contribution in [-0.4, -0.2) is 39.2 Å². The molecule has 1 fully saturated rings. The molecule has 0 radical (unpaired) electrons. The predicted molar refractivity (Wildman–Crippen MR) is 86.0 cm³/mol. The lowest BCUT2D eigenvalue weighted by Gasteiger charge is -2.29. The third-order valence-corrected chi connectivity index (χ3v) is 4.51. The minimum atomic E-state index is -4.58. The van der Waals surface area contributed by atoms with Gasteiger partial charge in [0.05, 0.1) is 37.1 Å². The van der Waals surface area contributed by atoms with Gasteiger partial charge in [0.1, 0.15) is 11.6 Å². The zero-order chi connectivity index (χ0) is 18.9. The van der Waals surface area contributed by atoms with Crippen molar-refractivity contribution in [3.05, 3.63) is 47.4 Å². The van der Waals surface area contributed by atoms with E-state index in [0.29, 0.717) is 25.2 Å². The summed E-state index contributed by atoms with van der Waals surface area (Å²) >= 11 is 0. The van der Waals surface area contributed by atoms with E-state index in [1.54, 1.807) is 11.0 Å². The third-order valence-electron chi connectivity index (χ3n) is 4.51. The van der Waals surface area contributed by atoms with Gasteiger partial charge in [-0.1, -0.05) is 0 Å². The van der Waals surface area contributed by atoms with Crippen LogP contribution in [-0.2, 0) is 12.7 Å². The summed E-state index contributed by atoms with van der Waals surface area (Å²) in [4.78, 5) is 1.74. The predicted octanol–water partition coefficient (Wildman–Crippen LogP) is 2.74. The number of anilines is 1. The zero-order valence-corrected chi connectivity index (χ0v) is 13.8. The van der Waals surface area contributed by atoms with Crippen molar-refractivity contribution in [2.75, 3.05) is 18.1 Å². The molecule has 0 unspecified atom stereocenters. The molecule has 2 N–H and O–H groups in total. The first-order chi connectivity index (χ1) is 12.3. The molecule has 142 valence electrons. The maximum atomic E-state index is 13.7. The number of hydrogen-bond donors (Lipinski definition) is 2. The molecule has 5 nitrogen and oxygen atoms in total. The van der Waals surface area contributed by atoms with Crippen molar-refractivity contribution < 1.29 is 27.8 Å². The van der Waals surface area contributed by atoms with Gasteiger partial charge in [-0.3, -0.25) is 0 Å². The second kappa shape index (κ2) is 7.24. The van der Waals surface area contributed by atoms with Crippen LogP contribution in [0.25, 0.3) is 0 Å². The summed E-state index contributed by atoms with van der Waals surface area (Å²) in [5.74, 6) is -0.193. The highest BCUT2D eigenvalue weighted by atomic mass is 19.4. The van der Waals surface area contributed by atoms with Crippen molar-refractivity contribution >= 4 is 5.82 Å². The van der Waals surface area contributed by atoms with Crippen molar-refractivity contribution in [1.29, 1.82) is 0 Å². The first-order valence-electron chi connectivity index (χ1n) is 8.25. The molecule has 2 heterocycles. The van der Waals surface area contributed by atoms with E-state index in [-0.39, 0.29) is 12.1 Å². The Bertz CT molecular complexity index is 763. The third kappa shape index (κ3) is 3.68. The van der Waals surface area contributed by atoms with E-state index in [4.69, 9.17) is 5.11 Å². The molecular weight excluding hydrogens is 354 g/mol. The number of nitrogens with zero attached hydrogens (tertiary/aromatic N) is 3. The number of aromatic nitrogens is 2. The van der Waals surface area contributed by atoms with Gasteiger partial charge in [0.25, 0.3) is 0 Å². The largest absolute Gasteiger partial charge is 0.416 e. The maximum Gasteiger partial charge on any atom is 0.416 e. The molecule has 0 saturated carbocycles. The molecule has 26 heavy (non-hydrogen) atoms. The molecule has 1 aliphatic heterocycles. The average molecular weight is 373 g/mol. The van der Waals surface area contributed by atoms with Crippen LogP contribution in [0.2, 0.25) is 0 Å². The molecule has 3 rings (SSSR count). The Kier molecular flexibility index (Phi) is 5.19.